The van der Waals surface area contributed by atoms with E-state index in [1.165, 1.54) is 0 Å². The maximum absolute atomic E-state index is 5.00. The summed E-state index contributed by atoms with van der Waals surface area (Å²) in [5.74, 6) is 0.830. The monoisotopic (exact) mass is 293 g/mol. The lowest BCUT2D eigenvalue weighted by Gasteiger charge is -2.45. The molecule has 0 spiro atoms. The van der Waals surface area contributed by atoms with Gasteiger partial charge in [-0.05, 0) is 20.9 Å². The Bertz CT molecular complexity index is 434. The zero-order valence-corrected chi connectivity index (χ0v) is 13.6. The number of anilines is 1. The number of ether oxygens (including phenoxy) is 1. The van der Waals surface area contributed by atoms with Crippen LogP contribution in [0.15, 0.2) is 12.4 Å². The standard InChI is InChI=1S/C15H27N5O/c1-15(2)12-20(7-6-19(15)3)14-17-10-13(11-18-14)9-16-5-8-21-4/h10-11,16H,5-9,12H2,1-4H3. The Balaban J connectivity index is 1.90. The molecule has 2 rings (SSSR count). The lowest BCUT2D eigenvalue weighted by atomic mass is 10.0. The average Bonchev–Trinajstić information content (AvgIpc) is 2.47. The molecule has 6 heteroatoms. The zero-order chi connectivity index (χ0) is 15.3. The van der Waals surface area contributed by atoms with E-state index in [2.05, 4.69) is 46.0 Å². The number of nitrogens with zero attached hydrogens (tertiary/aromatic N) is 4. The van der Waals surface area contributed by atoms with E-state index >= 15 is 0 Å². The first kappa shape index (κ1) is 16.1. The predicted molar refractivity (Wildman–Crippen MR) is 84.5 cm³/mol. The first-order valence-corrected chi connectivity index (χ1v) is 7.50. The minimum atomic E-state index is 0.155. The van der Waals surface area contributed by atoms with Crippen LogP contribution in [-0.2, 0) is 11.3 Å². The van der Waals surface area contributed by atoms with Gasteiger partial charge in [0, 0.05) is 63.3 Å². The molecular formula is C15H27N5O. The molecule has 1 aromatic rings. The van der Waals surface area contributed by atoms with E-state index in [0.717, 1.165) is 50.8 Å². The molecule has 0 radical (unpaired) electrons. The van der Waals surface area contributed by atoms with Crippen LogP contribution in [0.25, 0.3) is 0 Å². The summed E-state index contributed by atoms with van der Waals surface area (Å²) in [5.41, 5.74) is 1.25. The number of methoxy groups -OCH3 is 1. The Morgan fingerprint density at radius 1 is 1.29 bits per heavy atom. The van der Waals surface area contributed by atoms with Crippen LogP contribution in [0.1, 0.15) is 19.4 Å². The van der Waals surface area contributed by atoms with Crippen LogP contribution in [-0.4, -0.2) is 67.4 Å². The van der Waals surface area contributed by atoms with Gasteiger partial charge in [-0.1, -0.05) is 0 Å². The van der Waals surface area contributed by atoms with Crippen molar-refractivity contribution in [3.8, 4) is 0 Å². The van der Waals surface area contributed by atoms with Gasteiger partial charge in [-0.2, -0.15) is 0 Å². The van der Waals surface area contributed by atoms with Gasteiger partial charge in [0.15, 0.2) is 0 Å². The number of hydrogen-bond donors (Lipinski definition) is 1. The maximum atomic E-state index is 5.00. The number of piperazine rings is 1. The molecule has 0 aromatic carbocycles. The van der Waals surface area contributed by atoms with E-state index in [9.17, 15) is 0 Å². The van der Waals surface area contributed by atoms with E-state index in [1.54, 1.807) is 7.11 Å². The van der Waals surface area contributed by atoms with Gasteiger partial charge in [-0.25, -0.2) is 9.97 Å². The molecule has 1 aliphatic heterocycles. The summed E-state index contributed by atoms with van der Waals surface area (Å²) in [6.07, 6.45) is 3.82. The highest BCUT2D eigenvalue weighted by molar-refractivity contribution is 5.32. The highest BCUT2D eigenvalue weighted by Crippen LogP contribution is 2.21. The molecule has 0 bridgehead atoms. The summed E-state index contributed by atoms with van der Waals surface area (Å²) in [6, 6.07) is 0. The Morgan fingerprint density at radius 2 is 2.00 bits per heavy atom. The van der Waals surface area contributed by atoms with E-state index in [0.29, 0.717) is 0 Å². The smallest absolute Gasteiger partial charge is 0.225 e. The molecule has 2 heterocycles. The van der Waals surface area contributed by atoms with Crippen LogP contribution in [0, 0.1) is 0 Å². The maximum Gasteiger partial charge on any atom is 0.225 e. The van der Waals surface area contributed by atoms with Crippen molar-refractivity contribution in [2.75, 3.05) is 51.8 Å². The third kappa shape index (κ3) is 4.36. The molecule has 0 aliphatic carbocycles. The molecule has 0 unspecified atom stereocenters. The van der Waals surface area contributed by atoms with Crippen molar-refractivity contribution in [2.45, 2.75) is 25.9 Å². The number of hydrogen-bond acceptors (Lipinski definition) is 6. The largest absolute Gasteiger partial charge is 0.383 e. The number of rotatable bonds is 6. The van der Waals surface area contributed by atoms with Crippen molar-refractivity contribution in [3.05, 3.63) is 18.0 Å². The second kappa shape index (κ2) is 7.15. The lowest BCUT2D eigenvalue weighted by molar-refractivity contribution is 0.138. The van der Waals surface area contributed by atoms with Gasteiger partial charge >= 0.3 is 0 Å². The Morgan fingerprint density at radius 3 is 2.62 bits per heavy atom. The van der Waals surface area contributed by atoms with Crippen molar-refractivity contribution < 1.29 is 4.74 Å². The van der Waals surface area contributed by atoms with Crippen molar-refractivity contribution in [1.29, 1.82) is 0 Å². The minimum Gasteiger partial charge on any atom is -0.383 e. The molecule has 1 saturated heterocycles. The second-order valence-corrected chi connectivity index (χ2v) is 6.22. The molecule has 21 heavy (non-hydrogen) atoms. The first-order chi connectivity index (χ1) is 10.0. The summed E-state index contributed by atoms with van der Waals surface area (Å²) >= 11 is 0. The van der Waals surface area contributed by atoms with Gasteiger partial charge in [0.05, 0.1) is 6.61 Å². The van der Waals surface area contributed by atoms with Gasteiger partial charge in [0.2, 0.25) is 5.95 Å². The Kier molecular flexibility index (Phi) is 5.50. The fourth-order valence-corrected chi connectivity index (χ4v) is 2.42. The van der Waals surface area contributed by atoms with Crippen molar-refractivity contribution in [2.24, 2.45) is 0 Å². The van der Waals surface area contributed by atoms with Gasteiger partial charge in [0.25, 0.3) is 0 Å². The van der Waals surface area contributed by atoms with Crippen LogP contribution < -0.4 is 10.2 Å². The quantitative estimate of drug-likeness (QED) is 0.781. The Labute approximate surface area is 127 Å². The number of aromatic nitrogens is 2. The number of nitrogens with one attached hydrogen (secondary N) is 1. The lowest BCUT2D eigenvalue weighted by Crippen LogP contribution is -2.58. The summed E-state index contributed by atoms with van der Waals surface area (Å²) in [7, 11) is 3.88. The molecule has 118 valence electrons. The molecular weight excluding hydrogens is 266 g/mol. The molecule has 1 aliphatic rings. The third-order valence-corrected chi connectivity index (χ3v) is 4.10. The van der Waals surface area contributed by atoms with E-state index < -0.39 is 0 Å². The zero-order valence-electron chi connectivity index (χ0n) is 13.6. The van der Waals surface area contributed by atoms with Crippen molar-refractivity contribution in [3.63, 3.8) is 0 Å². The van der Waals surface area contributed by atoms with Crippen LogP contribution >= 0.6 is 0 Å². The molecule has 0 atom stereocenters. The van der Waals surface area contributed by atoms with Gasteiger partial charge in [0.1, 0.15) is 0 Å². The fourth-order valence-electron chi connectivity index (χ4n) is 2.42. The summed E-state index contributed by atoms with van der Waals surface area (Å²) in [6.45, 7) is 9.82. The topological polar surface area (TPSA) is 53.5 Å². The van der Waals surface area contributed by atoms with Crippen LogP contribution in [0.5, 0.6) is 0 Å². The van der Waals surface area contributed by atoms with Crippen LogP contribution in [0.4, 0.5) is 5.95 Å². The van der Waals surface area contributed by atoms with Crippen molar-refractivity contribution in [1.82, 2.24) is 20.2 Å². The molecule has 1 fully saturated rings. The van der Waals surface area contributed by atoms with E-state index in [-0.39, 0.29) is 5.54 Å². The summed E-state index contributed by atoms with van der Waals surface area (Å²) in [5, 5.41) is 3.30. The SMILES string of the molecule is COCCNCc1cnc(N2CCN(C)C(C)(C)C2)nc1. The predicted octanol–water partition coefficient (Wildman–Crippen LogP) is 0.743. The van der Waals surface area contributed by atoms with E-state index in [1.807, 2.05) is 12.4 Å². The number of likely N-dealkylation sites (N-methyl/N-ethyl adjacent to an activating group) is 1. The minimum absolute atomic E-state index is 0.155. The van der Waals surface area contributed by atoms with Gasteiger partial charge < -0.3 is 15.0 Å². The average molecular weight is 293 g/mol. The molecule has 0 saturated carbocycles. The molecule has 1 N–H and O–H groups in total. The highest BCUT2D eigenvalue weighted by Gasteiger charge is 2.31. The molecule has 1 aromatic heterocycles. The Hall–Kier alpha value is -1.24. The van der Waals surface area contributed by atoms with Crippen LogP contribution in [0.3, 0.4) is 0 Å². The molecule has 6 nitrogen and oxygen atoms in total. The van der Waals surface area contributed by atoms with Crippen LogP contribution in [0.2, 0.25) is 0 Å². The van der Waals surface area contributed by atoms with E-state index in [4.69, 9.17) is 4.74 Å². The molecule has 0 amide bonds. The van der Waals surface area contributed by atoms with Gasteiger partial charge in [-0.15, -0.1) is 0 Å². The fraction of sp³-hybridized carbons (Fsp3) is 0.733. The summed E-state index contributed by atoms with van der Waals surface area (Å²) < 4.78 is 5.00. The summed E-state index contributed by atoms with van der Waals surface area (Å²) in [4.78, 5) is 13.7. The first-order valence-electron chi connectivity index (χ1n) is 7.50. The van der Waals surface area contributed by atoms with Gasteiger partial charge in [-0.3, -0.25) is 4.90 Å². The third-order valence-electron chi connectivity index (χ3n) is 4.10. The normalized spacial score (nSPS) is 19.0. The highest BCUT2D eigenvalue weighted by atomic mass is 16.5. The van der Waals surface area contributed by atoms with Crippen molar-refractivity contribution >= 4 is 5.95 Å². The second-order valence-electron chi connectivity index (χ2n) is 6.22.